The Morgan fingerprint density at radius 3 is 3.05 bits per heavy atom. The number of nitrogens with one attached hydrogen (secondary N) is 1. The largest absolute Gasteiger partial charge is 0.352 e. The average molecular weight is 277 g/mol. The van der Waals surface area contributed by atoms with Crippen LogP contribution >= 0.6 is 11.8 Å². The van der Waals surface area contributed by atoms with Crippen molar-refractivity contribution in [1.82, 2.24) is 10.3 Å². The van der Waals surface area contributed by atoms with Crippen LogP contribution in [0.2, 0.25) is 0 Å². The normalized spacial score (nSPS) is 27.6. The van der Waals surface area contributed by atoms with Crippen LogP contribution < -0.4 is 10.2 Å². The fourth-order valence-corrected chi connectivity index (χ4v) is 3.70. The predicted octanol–water partition coefficient (Wildman–Crippen LogP) is 2.66. The van der Waals surface area contributed by atoms with Crippen molar-refractivity contribution in [2.75, 3.05) is 17.2 Å². The summed E-state index contributed by atoms with van der Waals surface area (Å²) in [6, 6.07) is 5.59. The fourth-order valence-electron chi connectivity index (χ4n) is 2.60. The Kier molecular flexibility index (Phi) is 3.99. The Labute approximate surface area is 120 Å². The number of hydrogen-bond acceptors (Lipinski definition) is 4. The molecule has 19 heavy (non-hydrogen) atoms. The number of rotatable bonds is 4. The van der Waals surface area contributed by atoms with Gasteiger partial charge in [0.1, 0.15) is 5.82 Å². The lowest BCUT2D eigenvalue weighted by molar-refractivity contribution is 0.611. The minimum atomic E-state index is 0.563. The van der Waals surface area contributed by atoms with Crippen molar-refractivity contribution in [3.8, 4) is 0 Å². The third-order valence-corrected chi connectivity index (χ3v) is 5.52. The van der Waals surface area contributed by atoms with E-state index in [4.69, 9.17) is 0 Å². The van der Waals surface area contributed by atoms with E-state index in [1.54, 1.807) is 0 Å². The summed E-state index contributed by atoms with van der Waals surface area (Å²) in [5.41, 5.74) is 1.35. The fraction of sp³-hybridized carbons (Fsp3) is 0.667. The molecular weight excluding hydrogens is 254 g/mol. The van der Waals surface area contributed by atoms with Crippen molar-refractivity contribution in [3.05, 3.63) is 23.9 Å². The molecule has 1 aliphatic heterocycles. The molecule has 0 spiro atoms. The molecule has 1 aromatic heterocycles. The van der Waals surface area contributed by atoms with Gasteiger partial charge in [0, 0.05) is 47.9 Å². The van der Waals surface area contributed by atoms with Gasteiger partial charge in [-0.3, -0.25) is 0 Å². The number of aromatic nitrogens is 1. The maximum absolute atomic E-state index is 4.66. The van der Waals surface area contributed by atoms with E-state index in [2.05, 4.69) is 52.9 Å². The van der Waals surface area contributed by atoms with E-state index in [0.717, 1.165) is 19.1 Å². The van der Waals surface area contributed by atoms with Crippen molar-refractivity contribution in [3.63, 3.8) is 0 Å². The van der Waals surface area contributed by atoms with E-state index in [1.165, 1.54) is 30.0 Å². The third-order valence-electron chi connectivity index (χ3n) is 4.18. The molecule has 0 radical (unpaired) electrons. The maximum atomic E-state index is 4.66. The van der Waals surface area contributed by atoms with E-state index in [-0.39, 0.29) is 0 Å². The van der Waals surface area contributed by atoms with Crippen molar-refractivity contribution in [2.24, 2.45) is 0 Å². The molecule has 2 aliphatic rings. The Bertz CT molecular complexity index is 433. The summed E-state index contributed by atoms with van der Waals surface area (Å²) >= 11 is 2.07. The summed E-state index contributed by atoms with van der Waals surface area (Å²) in [4.78, 5) is 7.15. The molecule has 1 aromatic rings. The van der Waals surface area contributed by atoms with E-state index >= 15 is 0 Å². The monoisotopic (exact) mass is 277 g/mol. The van der Waals surface area contributed by atoms with Crippen LogP contribution in [0, 0.1) is 0 Å². The van der Waals surface area contributed by atoms with Crippen LogP contribution in [0.4, 0.5) is 5.82 Å². The topological polar surface area (TPSA) is 28.2 Å². The summed E-state index contributed by atoms with van der Waals surface area (Å²) in [6.45, 7) is 6.72. The number of thioether (sulfide) groups is 1. The van der Waals surface area contributed by atoms with Gasteiger partial charge in [-0.05, 0) is 25.8 Å². The van der Waals surface area contributed by atoms with Crippen molar-refractivity contribution in [1.29, 1.82) is 0 Å². The second-order valence-corrected chi connectivity index (χ2v) is 7.14. The van der Waals surface area contributed by atoms with Gasteiger partial charge in [0.15, 0.2) is 0 Å². The van der Waals surface area contributed by atoms with Gasteiger partial charge in [-0.2, -0.15) is 11.8 Å². The molecule has 1 saturated carbocycles. The van der Waals surface area contributed by atoms with Crippen molar-refractivity contribution >= 4 is 17.6 Å². The quantitative estimate of drug-likeness (QED) is 0.916. The first kappa shape index (κ1) is 13.3. The van der Waals surface area contributed by atoms with Crippen LogP contribution in [0.1, 0.15) is 32.3 Å². The molecule has 3 rings (SSSR count). The zero-order valence-electron chi connectivity index (χ0n) is 11.8. The standard InChI is InChI=1S/C15H23N3S/c1-11-12(2)19-9-8-18(11)15-13(4-3-7-16-15)10-17-14-5-6-14/h3-4,7,11-12,14,17H,5-6,8-10H2,1-2H3. The first-order valence-corrected chi connectivity index (χ1v) is 8.36. The Morgan fingerprint density at radius 1 is 1.42 bits per heavy atom. The summed E-state index contributed by atoms with van der Waals surface area (Å²) < 4.78 is 0. The smallest absolute Gasteiger partial charge is 0.133 e. The first-order valence-electron chi connectivity index (χ1n) is 7.31. The third kappa shape index (κ3) is 3.06. The van der Waals surface area contributed by atoms with E-state index in [9.17, 15) is 0 Å². The Hall–Kier alpha value is -0.740. The Balaban J connectivity index is 1.77. The predicted molar refractivity (Wildman–Crippen MR) is 82.8 cm³/mol. The minimum Gasteiger partial charge on any atom is -0.352 e. The molecule has 1 N–H and O–H groups in total. The summed E-state index contributed by atoms with van der Waals surface area (Å²) in [5, 5.41) is 4.29. The zero-order chi connectivity index (χ0) is 13.2. The van der Waals surface area contributed by atoms with Gasteiger partial charge >= 0.3 is 0 Å². The van der Waals surface area contributed by atoms with E-state index in [1.807, 2.05) is 6.20 Å². The highest BCUT2D eigenvalue weighted by Crippen LogP contribution is 2.30. The number of hydrogen-bond donors (Lipinski definition) is 1. The molecule has 1 aliphatic carbocycles. The van der Waals surface area contributed by atoms with E-state index in [0.29, 0.717) is 11.3 Å². The van der Waals surface area contributed by atoms with Crippen LogP contribution in [0.15, 0.2) is 18.3 Å². The van der Waals surface area contributed by atoms with Gasteiger partial charge in [0.25, 0.3) is 0 Å². The summed E-state index contributed by atoms with van der Waals surface area (Å²) in [7, 11) is 0. The van der Waals surface area contributed by atoms with Gasteiger partial charge in [-0.15, -0.1) is 0 Å². The van der Waals surface area contributed by atoms with Gasteiger partial charge in [-0.25, -0.2) is 4.98 Å². The van der Waals surface area contributed by atoms with Crippen molar-refractivity contribution in [2.45, 2.75) is 50.6 Å². The van der Waals surface area contributed by atoms with Crippen LogP contribution in [0.5, 0.6) is 0 Å². The van der Waals surface area contributed by atoms with Crippen LogP contribution in [-0.2, 0) is 6.54 Å². The average Bonchev–Trinajstić information content (AvgIpc) is 3.24. The summed E-state index contributed by atoms with van der Waals surface area (Å²) in [5.74, 6) is 2.40. The molecule has 0 aromatic carbocycles. The highest BCUT2D eigenvalue weighted by molar-refractivity contribution is 8.00. The maximum Gasteiger partial charge on any atom is 0.133 e. The molecule has 2 heterocycles. The molecule has 2 fully saturated rings. The zero-order valence-corrected chi connectivity index (χ0v) is 12.6. The number of anilines is 1. The lowest BCUT2D eigenvalue weighted by atomic mass is 10.1. The Morgan fingerprint density at radius 2 is 2.26 bits per heavy atom. The lowest BCUT2D eigenvalue weighted by Gasteiger charge is -2.39. The van der Waals surface area contributed by atoms with Crippen LogP contribution in [0.3, 0.4) is 0 Å². The van der Waals surface area contributed by atoms with Crippen molar-refractivity contribution < 1.29 is 0 Å². The molecule has 3 nitrogen and oxygen atoms in total. The SMILES string of the molecule is CC1SCCN(c2ncccc2CNC2CC2)C1C. The molecular formula is C15H23N3S. The van der Waals surface area contributed by atoms with E-state index < -0.39 is 0 Å². The molecule has 4 heteroatoms. The first-order chi connectivity index (χ1) is 9.25. The highest BCUT2D eigenvalue weighted by Gasteiger charge is 2.28. The molecule has 2 atom stereocenters. The van der Waals surface area contributed by atoms with Gasteiger partial charge in [0.05, 0.1) is 0 Å². The molecule has 2 unspecified atom stereocenters. The molecule has 0 bridgehead atoms. The van der Waals surface area contributed by atoms with Crippen LogP contribution in [0.25, 0.3) is 0 Å². The molecule has 104 valence electrons. The second-order valence-electron chi connectivity index (χ2n) is 5.65. The number of nitrogens with zero attached hydrogens (tertiary/aromatic N) is 2. The molecule has 1 saturated heterocycles. The van der Waals surface area contributed by atoms with Crippen LogP contribution in [-0.4, -0.2) is 34.6 Å². The van der Waals surface area contributed by atoms with Gasteiger partial charge in [-0.1, -0.05) is 13.0 Å². The minimum absolute atomic E-state index is 0.563. The highest BCUT2D eigenvalue weighted by atomic mass is 32.2. The summed E-state index contributed by atoms with van der Waals surface area (Å²) in [6.07, 6.45) is 4.60. The van der Waals surface area contributed by atoms with Gasteiger partial charge < -0.3 is 10.2 Å². The van der Waals surface area contributed by atoms with Gasteiger partial charge in [0.2, 0.25) is 0 Å². The lowest BCUT2D eigenvalue weighted by Crippen LogP contribution is -2.45. The second kappa shape index (κ2) is 5.71. The molecule has 0 amide bonds. The number of pyridine rings is 1.